The highest BCUT2D eigenvalue weighted by Crippen LogP contribution is 2.18. The number of para-hydroxylation sites is 1. The number of hydrogen-bond acceptors (Lipinski definition) is 4. The number of nitrogens with one attached hydrogen (secondary N) is 1. The number of rotatable bonds is 6. The van der Waals surface area contributed by atoms with Crippen LogP contribution in [0.4, 0.5) is 16.0 Å². The number of carbonyl (C=O) groups excluding carboxylic acids is 1. The van der Waals surface area contributed by atoms with Gasteiger partial charge in [-0.2, -0.15) is 0 Å². The van der Waals surface area contributed by atoms with Crippen molar-refractivity contribution in [3.8, 4) is 0 Å². The Bertz CT molecular complexity index is 930. The first-order valence-electron chi connectivity index (χ1n) is 8.77. The Morgan fingerprint density at radius 3 is 2.48 bits per heavy atom. The molecular formula is C21H21FN4O. The first kappa shape index (κ1) is 18.5. The Labute approximate surface area is 157 Å². The zero-order chi connectivity index (χ0) is 19.2. The first-order chi connectivity index (χ1) is 13.1. The maximum Gasteiger partial charge on any atom is 0.272 e. The second kappa shape index (κ2) is 8.40. The summed E-state index contributed by atoms with van der Waals surface area (Å²) in [6.45, 7) is 4.74. The molecule has 0 aliphatic heterocycles. The monoisotopic (exact) mass is 364 g/mol. The Morgan fingerprint density at radius 1 is 1.07 bits per heavy atom. The molecule has 27 heavy (non-hydrogen) atoms. The average molecular weight is 364 g/mol. The first-order valence-corrected chi connectivity index (χ1v) is 8.77. The number of aromatic nitrogens is 2. The molecule has 1 heterocycles. The van der Waals surface area contributed by atoms with E-state index in [1.54, 1.807) is 36.1 Å². The van der Waals surface area contributed by atoms with E-state index in [-0.39, 0.29) is 23.2 Å². The van der Waals surface area contributed by atoms with Crippen LogP contribution < -0.4 is 5.32 Å². The van der Waals surface area contributed by atoms with Crippen LogP contribution in [0.15, 0.2) is 60.7 Å². The van der Waals surface area contributed by atoms with Crippen LogP contribution in [0.5, 0.6) is 0 Å². The lowest BCUT2D eigenvalue weighted by molar-refractivity contribution is 0.0746. The molecule has 1 amide bonds. The van der Waals surface area contributed by atoms with Crippen molar-refractivity contribution in [2.75, 3.05) is 11.9 Å². The molecule has 0 aliphatic carbocycles. The molecular weight excluding hydrogens is 343 g/mol. The Kier molecular flexibility index (Phi) is 5.76. The van der Waals surface area contributed by atoms with E-state index in [0.717, 1.165) is 5.56 Å². The third-order valence-corrected chi connectivity index (χ3v) is 4.08. The molecule has 0 saturated heterocycles. The highest BCUT2D eigenvalue weighted by Gasteiger charge is 2.18. The van der Waals surface area contributed by atoms with Crippen LogP contribution >= 0.6 is 0 Å². The van der Waals surface area contributed by atoms with Crippen molar-refractivity contribution in [1.82, 2.24) is 14.9 Å². The van der Waals surface area contributed by atoms with Crippen LogP contribution in [0.3, 0.4) is 0 Å². The van der Waals surface area contributed by atoms with Crippen molar-refractivity contribution in [2.45, 2.75) is 20.4 Å². The zero-order valence-electron chi connectivity index (χ0n) is 15.3. The molecule has 0 atom stereocenters. The predicted octanol–water partition coefficient (Wildman–Crippen LogP) is 4.33. The quantitative estimate of drug-likeness (QED) is 0.707. The minimum atomic E-state index is -0.408. The van der Waals surface area contributed by atoms with E-state index in [0.29, 0.717) is 18.8 Å². The highest BCUT2D eigenvalue weighted by molar-refractivity contribution is 5.92. The summed E-state index contributed by atoms with van der Waals surface area (Å²) >= 11 is 0. The fourth-order valence-corrected chi connectivity index (χ4v) is 2.71. The Balaban J connectivity index is 1.83. The molecule has 0 radical (unpaired) electrons. The summed E-state index contributed by atoms with van der Waals surface area (Å²) in [6.07, 6.45) is 0. The van der Waals surface area contributed by atoms with E-state index in [1.165, 1.54) is 6.07 Å². The van der Waals surface area contributed by atoms with Gasteiger partial charge in [-0.3, -0.25) is 4.79 Å². The van der Waals surface area contributed by atoms with Gasteiger partial charge in [-0.25, -0.2) is 14.4 Å². The van der Waals surface area contributed by atoms with Crippen molar-refractivity contribution in [2.24, 2.45) is 0 Å². The zero-order valence-corrected chi connectivity index (χ0v) is 15.3. The molecule has 2 aromatic carbocycles. The summed E-state index contributed by atoms with van der Waals surface area (Å²) in [4.78, 5) is 23.2. The van der Waals surface area contributed by atoms with Gasteiger partial charge in [-0.15, -0.1) is 0 Å². The van der Waals surface area contributed by atoms with E-state index in [9.17, 15) is 9.18 Å². The average Bonchev–Trinajstić information content (AvgIpc) is 2.68. The van der Waals surface area contributed by atoms with Crippen molar-refractivity contribution in [3.63, 3.8) is 0 Å². The van der Waals surface area contributed by atoms with Gasteiger partial charge in [-0.1, -0.05) is 42.5 Å². The third-order valence-electron chi connectivity index (χ3n) is 4.08. The van der Waals surface area contributed by atoms with E-state index >= 15 is 0 Å². The lowest BCUT2D eigenvalue weighted by atomic mass is 10.2. The molecule has 0 bridgehead atoms. The molecule has 0 unspecified atom stereocenters. The smallest absolute Gasteiger partial charge is 0.272 e. The maximum absolute atomic E-state index is 13.9. The van der Waals surface area contributed by atoms with Gasteiger partial charge in [0.1, 0.15) is 11.5 Å². The second-order valence-corrected chi connectivity index (χ2v) is 6.13. The Morgan fingerprint density at radius 2 is 1.78 bits per heavy atom. The van der Waals surface area contributed by atoms with Gasteiger partial charge in [0.05, 0.1) is 5.69 Å². The van der Waals surface area contributed by atoms with Crippen molar-refractivity contribution in [3.05, 3.63) is 83.4 Å². The molecule has 1 N–H and O–H groups in total. The molecule has 5 nitrogen and oxygen atoms in total. The third kappa shape index (κ3) is 4.67. The van der Waals surface area contributed by atoms with E-state index < -0.39 is 5.82 Å². The summed E-state index contributed by atoms with van der Waals surface area (Å²) < 4.78 is 13.9. The normalized spacial score (nSPS) is 10.5. The van der Waals surface area contributed by atoms with Crippen LogP contribution in [0, 0.1) is 12.7 Å². The van der Waals surface area contributed by atoms with Crippen molar-refractivity contribution < 1.29 is 9.18 Å². The molecule has 1 aromatic heterocycles. The number of carbonyl (C=O) groups is 1. The number of amides is 1. The molecule has 0 spiro atoms. The SMILES string of the molecule is CCN(Cc1ccccc1)C(=O)c1cc(C)nc(Nc2ccccc2F)n1. The second-order valence-electron chi connectivity index (χ2n) is 6.13. The fraction of sp³-hybridized carbons (Fsp3) is 0.190. The summed E-state index contributed by atoms with van der Waals surface area (Å²) in [5, 5.41) is 2.85. The van der Waals surface area contributed by atoms with E-state index in [4.69, 9.17) is 0 Å². The number of benzene rings is 2. The van der Waals surface area contributed by atoms with Gasteiger partial charge in [0.15, 0.2) is 0 Å². The van der Waals surface area contributed by atoms with Gasteiger partial charge >= 0.3 is 0 Å². The molecule has 138 valence electrons. The van der Waals surface area contributed by atoms with Crippen molar-refractivity contribution >= 4 is 17.5 Å². The van der Waals surface area contributed by atoms with Crippen LogP contribution in [-0.2, 0) is 6.54 Å². The van der Waals surface area contributed by atoms with Gasteiger partial charge in [0, 0.05) is 18.8 Å². The van der Waals surface area contributed by atoms with E-state index in [1.807, 2.05) is 37.3 Å². The number of nitrogens with zero attached hydrogens (tertiary/aromatic N) is 3. The van der Waals surface area contributed by atoms with Crippen LogP contribution in [0.25, 0.3) is 0 Å². The van der Waals surface area contributed by atoms with Crippen molar-refractivity contribution in [1.29, 1.82) is 0 Å². The number of aryl methyl sites for hydroxylation is 1. The van der Waals surface area contributed by atoms with Crippen LogP contribution in [0.2, 0.25) is 0 Å². The summed E-state index contributed by atoms with van der Waals surface area (Å²) in [7, 11) is 0. The molecule has 6 heteroatoms. The van der Waals surface area contributed by atoms with Gasteiger partial charge in [0.25, 0.3) is 5.91 Å². The largest absolute Gasteiger partial charge is 0.333 e. The van der Waals surface area contributed by atoms with Crippen LogP contribution in [0.1, 0.15) is 28.7 Å². The molecule has 3 aromatic rings. The van der Waals surface area contributed by atoms with Gasteiger partial charge in [-0.05, 0) is 37.6 Å². The predicted molar refractivity (Wildman–Crippen MR) is 103 cm³/mol. The lowest BCUT2D eigenvalue weighted by Gasteiger charge is -2.21. The number of anilines is 2. The molecule has 0 fully saturated rings. The standard InChI is InChI=1S/C21H21FN4O/c1-3-26(14-16-9-5-4-6-10-16)20(27)19-13-15(2)23-21(25-19)24-18-12-8-7-11-17(18)22/h4-13H,3,14H2,1-2H3,(H,23,24,25). The minimum Gasteiger partial charge on any atom is -0.333 e. The van der Waals surface area contributed by atoms with Crippen LogP contribution in [-0.4, -0.2) is 27.3 Å². The fourth-order valence-electron chi connectivity index (χ4n) is 2.71. The summed E-state index contributed by atoms with van der Waals surface area (Å²) in [5.41, 5.74) is 2.21. The minimum absolute atomic E-state index is 0.191. The number of halogens is 1. The number of hydrogen-bond donors (Lipinski definition) is 1. The topological polar surface area (TPSA) is 58.1 Å². The summed E-state index contributed by atoms with van der Waals surface area (Å²) in [5.74, 6) is -0.405. The highest BCUT2D eigenvalue weighted by atomic mass is 19.1. The maximum atomic E-state index is 13.9. The van der Waals surface area contributed by atoms with Gasteiger partial charge in [0.2, 0.25) is 5.95 Å². The molecule has 3 rings (SSSR count). The van der Waals surface area contributed by atoms with E-state index in [2.05, 4.69) is 15.3 Å². The molecule has 0 aliphatic rings. The summed E-state index contributed by atoms with van der Waals surface area (Å²) in [6, 6.07) is 17.7. The van der Waals surface area contributed by atoms with Gasteiger partial charge < -0.3 is 10.2 Å². The Hall–Kier alpha value is -3.28. The molecule has 0 saturated carbocycles. The lowest BCUT2D eigenvalue weighted by Crippen LogP contribution is -2.31.